The van der Waals surface area contributed by atoms with E-state index in [1.807, 2.05) is 20.2 Å². The minimum absolute atomic E-state index is 0.0373. The van der Waals surface area contributed by atoms with Gasteiger partial charge in [0, 0.05) is 24.7 Å². The third-order valence-corrected chi connectivity index (χ3v) is 3.65. The number of fused-ring (bicyclic) bond motifs is 1. The van der Waals surface area contributed by atoms with Gasteiger partial charge in [-0.15, -0.1) is 0 Å². The van der Waals surface area contributed by atoms with Gasteiger partial charge in [-0.05, 0) is 32.2 Å². The van der Waals surface area contributed by atoms with Gasteiger partial charge in [-0.2, -0.15) is 0 Å². The van der Waals surface area contributed by atoms with Crippen LogP contribution in [0.3, 0.4) is 0 Å². The van der Waals surface area contributed by atoms with E-state index in [-0.39, 0.29) is 11.9 Å². The zero-order valence-corrected chi connectivity index (χ0v) is 11.7. The molecule has 1 unspecified atom stereocenters. The predicted molar refractivity (Wildman–Crippen MR) is 74.2 cm³/mol. The normalized spacial score (nSPS) is 17.1. The van der Waals surface area contributed by atoms with Gasteiger partial charge in [-0.3, -0.25) is 0 Å². The van der Waals surface area contributed by atoms with Crippen LogP contribution < -0.4 is 10.1 Å². The van der Waals surface area contributed by atoms with Crippen molar-refractivity contribution in [2.24, 2.45) is 0 Å². The van der Waals surface area contributed by atoms with Crippen LogP contribution in [0.1, 0.15) is 17.1 Å². The third kappa shape index (κ3) is 2.41. The van der Waals surface area contributed by atoms with Crippen LogP contribution in [0.2, 0.25) is 0 Å². The second kappa shape index (κ2) is 5.25. The van der Waals surface area contributed by atoms with Crippen LogP contribution in [0.5, 0.6) is 5.75 Å². The second-order valence-corrected chi connectivity index (χ2v) is 5.13. The molecule has 2 aromatic rings. The smallest absolute Gasteiger partial charge is 0.123 e. The molecule has 1 aromatic carbocycles. The minimum Gasteiger partial charge on any atom is -0.488 e. The van der Waals surface area contributed by atoms with Gasteiger partial charge in [-0.25, -0.2) is 9.37 Å². The summed E-state index contributed by atoms with van der Waals surface area (Å²) in [4.78, 5) is 4.35. The second-order valence-electron chi connectivity index (χ2n) is 5.13. The molecule has 106 valence electrons. The Labute approximate surface area is 117 Å². The Morgan fingerprint density at radius 2 is 2.35 bits per heavy atom. The maximum Gasteiger partial charge on any atom is 0.123 e. The standard InChI is InChI=1S/C15H18FN3O/c1-10-18-8-13(7-17-2)19(10)9-14-6-11-5-12(16)3-4-15(11)20-14/h3-5,8,14,17H,6-7,9H2,1-2H3. The van der Waals surface area contributed by atoms with Gasteiger partial charge in [-0.1, -0.05) is 0 Å². The fraction of sp³-hybridized carbons (Fsp3) is 0.400. The Morgan fingerprint density at radius 1 is 1.50 bits per heavy atom. The van der Waals surface area contributed by atoms with E-state index in [9.17, 15) is 4.39 Å². The number of hydrogen-bond acceptors (Lipinski definition) is 3. The van der Waals surface area contributed by atoms with Gasteiger partial charge in [0.2, 0.25) is 0 Å². The van der Waals surface area contributed by atoms with Crippen molar-refractivity contribution in [1.82, 2.24) is 14.9 Å². The number of rotatable bonds is 4. The highest BCUT2D eigenvalue weighted by Crippen LogP contribution is 2.30. The van der Waals surface area contributed by atoms with Crippen LogP contribution >= 0.6 is 0 Å². The summed E-state index contributed by atoms with van der Waals surface area (Å²) in [5.74, 6) is 1.56. The monoisotopic (exact) mass is 275 g/mol. The summed E-state index contributed by atoms with van der Waals surface area (Å²) < 4.78 is 21.3. The number of nitrogens with one attached hydrogen (secondary N) is 1. The number of aromatic nitrogens is 2. The van der Waals surface area contributed by atoms with Crippen molar-refractivity contribution in [2.45, 2.75) is 32.5 Å². The molecule has 0 aliphatic carbocycles. The van der Waals surface area contributed by atoms with Crippen molar-refractivity contribution in [3.05, 3.63) is 47.3 Å². The topological polar surface area (TPSA) is 39.1 Å². The van der Waals surface area contributed by atoms with Crippen molar-refractivity contribution in [3.8, 4) is 5.75 Å². The number of hydrogen-bond donors (Lipinski definition) is 1. The molecule has 0 spiro atoms. The van der Waals surface area contributed by atoms with Crippen molar-refractivity contribution >= 4 is 0 Å². The minimum atomic E-state index is -0.206. The van der Waals surface area contributed by atoms with Crippen molar-refractivity contribution in [3.63, 3.8) is 0 Å². The molecule has 4 nitrogen and oxygen atoms in total. The van der Waals surface area contributed by atoms with Gasteiger partial charge >= 0.3 is 0 Å². The summed E-state index contributed by atoms with van der Waals surface area (Å²) >= 11 is 0. The number of halogens is 1. The van der Waals surface area contributed by atoms with Gasteiger partial charge in [0.05, 0.1) is 12.2 Å². The van der Waals surface area contributed by atoms with E-state index in [4.69, 9.17) is 4.74 Å². The van der Waals surface area contributed by atoms with Gasteiger partial charge in [0.15, 0.2) is 0 Å². The number of benzene rings is 1. The molecule has 0 saturated heterocycles. The Morgan fingerprint density at radius 3 is 3.15 bits per heavy atom. The molecular weight excluding hydrogens is 257 g/mol. The summed E-state index contributed by atoms with van der Waals surface area (Å²) in [6, 6.07) is 4.71. The Bertz CT molecular complexity index is 624. The van der Waals surface area contributed by atoms with Crippen LogP contribution in [0.25, 0.3) is 0 Å². The lowest BCUT2D eigenvalue weighted by molar-refractivity contribution is 0.206. The summed E-state index contributed by atoms with van der Waals surface area (Å²) in [6.07, 6.45) is 2.66. The molecule has 1 atom stereocenters. The first kappa shape index (κ1) is 13.1. The molecule has 1 aliphatic heterocycles. The first-order valence-electron chi connectivity index (χ1n) is 6.78. The highest BCUT2D eigenvalue weighted by atomic mass is 19.1. The maximum absolute atomic E-state index is 13.2. The first-order chi connectivity index (χ1) is 9.67. The molecule has 0 saturated carbocycles. The van der Waals surface area contributed by atoms with Gasteiger partial charge in [0.25, 0.3) is 0 Å². The third-order valence-electron chi connectivity index (χ3n) is 3.65. The van der Waals surface area contributed by atoms with Crippen LogP contribution in [-0.2, 0) is 19.5 Å². The highest BCUT2D eigenvalue weighted by Gasteiger charge is 2.24. The SMILES string of the molecule is CNCc1cnc(C)n1CC1Cc2cc(F)ccc2O1. The van der Waals surface area contributed by atoms with E-state index >= 15 is 0 Å². The fourth-order valence-electron chi connectivity index (χ4n) is 2.68. The van der Waals surface area contributed by atoms with E-state index in [2.05, 4.69) is 14.9 Å². The highest BCUT2D eigenvalue weighted by molar-refractivity contribution is 5.37. The van der Waals surface area contributed by atoms with Crippen molar-refractivity contribution < 1.29 is 9.13 Å². The zero-order chi connectivity index (χ0) is 14.1. The van der Waals surface area contributed by atoms with Gasteiger partial charge < -0.3 is 14.6 Å². The Balaban J connectivity index is 1.76. The molecule has 5 heteroatoms. The summed E-state index contributed by atoms with van der Waals surface area (Å²) in [6.45, 7) is 3.50. The number of imidazole rings is 1. The van der Waals surface area contributed by atoms with E-state index in [0.717, 1.165) is 42.3 Å². The largest absolute Gasteiger partial charge is 0.488 e. The first-order valence-corrected chi connectivity index (χ1v) is 6.78. The van der Waals surface area contributed by atoms with Crippen LogP contribution in [0.4, 0.5) is 4.39 Å². The van der Waals surface area contributed by atoms with Gasteiger partial charge in [0.1, 0.15) is 23.5 Å². The molecular formula is C15H18FN3O. The molecule has 0 fully saturated rings. The molecule has 1 N–H and O–H groups in total. The molecule has 1 aromatic heterocycles. The Kier molecular flexibility index (Phi) is 3.44. The quantitative estimate of drug-likeness (QED) is 0.928. The van der Waals surface area contributed by atoms with Crippen molar-refractivity contribution in [1.29, 1.82) is 0 Å². The molecule has 2 heterocycles. The van der Waals surface area contributed by atoms with Crippen LogP contribution in [-0.4, -0.2) is 22.7 Å². The number of nitrogens with zero attached hydrogens (tertiary/aromatic N) is 2. The number of ether oxygens (including phenoxy) is 1. The molecule has 20 heavy (non-hydrogen) atoms. The zero-order valence-electron chi connectivity index (χ0n) is 11.7. The van der Waals surface area contributed by atoms with E-state index in [1.165, 1.54) is 6.07 Å². The maximum atomic E-state index is 13.2. The summed E-state index contributed by atoms with van der Waals surface area (Å²) in [5.41, 5.74) is 2.08. The number of aryl methyl sites for hydroxylation is 1. The average molecular weight is 275 g/mol. The molecule has 1 aliphatic rings. The van der Waals surface area contributed by atoms with E-state index in [1.54, 1.807) is 12.1 Å². The summed E-state index contributed by atoms with van der Waals surface area (Å²) in [7, 11) is 1.91. The fourth-order valence-corrected chi connectivity index (χ4v) is 2.68. The lowest BCUT2D eigenvalue weighted by Gasteiger charge is -2.15. The van der Waals surface area contributed by atoms with E-state index in [0.29, 0.717) is 0 Å². The van der Waals surface area contributed by atoms with Crippen LogP contribution in [0, 0.1) is 12.7 Å². The molecule has 3 rings (SSSR count). The van der Waals surface area contributed by atoms with Crippen molar-refractivity contribution in [2.75, 3.05) is 7.05 Å². The Hall–Kier alpha value is -1.88. The van der Waals surface area contributed by atoms with Crippen LogP contribution in [0.15, 0.2) is 24.4 Å². The molecule has 0 amide bonds. The van der Waals surface area contributed by atoms with E-state index < -0.39 is 0 Å². The molecule has 0 radical (unpaired) electrons. The lowest BCUT2D eigenvalue weighted by atomic mass is 10.1. The molecule has 0 bridgehead atoms. The average Bonchev–Trinajstić information content (AvgIpc) is 2.96. The summed E-state index contributed by atoms with van der Waals surface area (Å²) in [5, 5.41) is 3.14. The predicted octanol–water partition coefficient (Wildman–Crippen LogP) is 2.05. The lowest BCUT2D eigenvalue weighted by Crippen LogP contribution is -2.24.